The van der Waals surface area contributed by atoms with Crippen LogP contribution in [0.25, 0.3) is 0 Å². The van der Waals surface area contributed by atoms with Crippen LogP contribution in [0.4, 0.5) is 0 Å². The summed E-state index contributed by atoms with van der Waals surface area (Å²) in [5.41, 5.74) is 3.12. The molecule has 0 radical (unpaired) electrons. The summed E-state index contributed by atoms with van der Waals surface area (Å²) < 4.78 is 16.3. The molecule has 0 saturated carbocycles. The fourth-order valence-electron chi connectivity index (χ4n) is 3.73. The maximum atomic E-state index is 11.1. The Kier molecular flexibility index (Phi) is 3.81. The fraction of sp³-hybridized carbons (Fsp3) is 0.556. The molecule has 0 spiro atoms. The molecule has 0 amide bonds. The molecule has 22 heavy (non-hydrogen) atoms. The van der Waals surface area contributed by atoms with Crippen LogP contribution in [0, 0.1) is 5.41 Å². The maximum absolute atomic E-state index is 11.1. The Morgan fingerprint density at radius 1 is 1.23 bits per heavy atom. The van der Waals surface area contributed by atoms with Gasteiger partial charge in [-0.2, -0.15) is 0 Å². The van der Waals surface area contributed by atoms with Crippen molar-refractivity contribution in [3.05, 3.63) is 28.8 Å². The highest BCUT2D eigenvalue weighted by atomic mass is 16.7. The van der Waals surface area contributed by atoms with Gasteiger partial charge >= 0.3 is 0 Å². The van der Waals surface area contributed by atoms with Crippen LogP contribution in [0.1, 0.15) is 51.7 Å². The average molecular weight is 304 g/mol. The van der Waals surface area contributed by atoms with Crippen molar-refractivity contribution in [2.45, 2.75) is 46.1 Å². The highest BCUT2D eigenvalue weighted by molar-refractivity contribution is 5.54. The van der Waals surface area contributed by atoms with Crippen molar-refractivity contribution in [2.75, 3.05) is 13.9 Å². The second-order valence-electron chi connectivity index (χ2n) is 6.78. The summed E-state index contributed by atoms with van der Waals surface area (Å²) in [5, 5.41) is 11.1. The summed E-state index contributed by atoms with van der Waals surface area (Å²) in [7, 11) is 1.61. The third-order valence-electron chi connectivity index (χ3n) is 4.84. The van der Waals surface area contributed by atoms with Crippen LogP contribution in [0.15, 0.2) is 23.3 Å². The third kappa shape index (κ3) is 2.45. The number of methoxy groups -OCH3 is 1. The number of hydrogen-bond donors (Lipinski definition) is 1. The molecule has 1 unspecified atom stereocenters. The van der Waals surface area contributed by atoms with E-state index in [0.29, 0.717) is 17.2 Å². The van der Waals surface area contributed by atoms with Gasteiger partial charge in [0.25, 0.3) is 0 Å². The molecular weight excluding hydrogens is 280 g/mol. The van der Waals surface area contributed by atoms with Crippen LogP contribution in [0.5, 0.6) is 17.2 Å². The summed E-state index contributed by atoms with van der Waals surface area (Å²) in [6, 6.07) is 3.64. The van der Waals surface area contributed by atoms with E-state index in [0.717, 1.165) is 24.0 Å². The lowest BCUT2D eigenvalue weighted by Crippen LogP contribution is -2.25. The Bertz CT molecular complexity index is 616. The van der Waals surface area contributed by atoms with Gasteiger partial charge in [0.05, 0.1) is 7.11 Å². The van der Waals surface area contributed by atoms with E-state index in [-0.39, 0.29) is 12.2 Å². The monoisotopic (exact) mass is 304 g/mol. The lowest BCUT2D eigenvalue weighted by Gasteiger charge is -2.37. The predicted molar refractivity (Wildman–Crippen MR) is 84.4 cm³/mol. The number of fused-ring (bicyclic) bond motifs is 1. The average Bonchev–Trinajstić information content (AvgIpc) is 2.91. The highest BCUT2D eigenvalue weighted by Crippen LogP contribution is 2.49. The van der Waals surface area contributed by atoms with Crippen LogP contribution in [-0.2, 0) is 0 Å². The van der Waals surface area contributed by atoms with Gasteiger partial charge in [0, 0.05) is 11.6 Å². The van der Waals surface area contributed by atoms with E-state index < -0.39 is 6.10 Å². The number of allylic oxidation sites excluding steroid dienone is 1. The molecule has 0 bridgehead atoms. The minimum Gasteiger partial charge on any atom is -0.496 e. The molecule has 1 aliphatic heterocycles. The second kappa shape index (κ2) is 5.51. The summed E-state index contributed by atoms with van der Waals surface area (Å²) in [4.78, 5) is 0. The molecule has 1 aromatic rings. The summed E-state index contributed by atoms with van der Waals surface area (Å²) >= 11 is 0. The zero-order chi connectivity index (χ0) is 15.9. The first kappa shape index (κ1) is 15.2. The zero-order valence-corrected chi connectivity index (χ0v) is 13.7. The van der Waals surface area contributed by atoms with Crippen molar-refractivity contribution in [1.29, 1.82) is 0 Å². The third-order valence-corrected chi connectivity index (χ3v) is 4.84. The molecule has 0 saturated heterocycles. The molecule has 1 atom stereocenters. The van der Waals surface area contributed by atoms with E-state index in [1.807, 2.05) is 6.07 Å². The first-order valence-electron chi connectivity index (χ1n) is 7.80. The molecule has 4 heteroatoms. The normalized spacial score (nSPS) is 21.0. The molecule has 0 fully saturated rings. The van der Waals surface area contributed by atoms with E-state index in [9.17, 15) is 5.11 Å². The van der Waals surface area contributed by atoms with Gasteiger partial charge in [-0.25, -0.2) is 0 Å². The van der Waals surface area contributed by atoms with E-state index >= 15 is 0 Å². The second-order valence-corrected chi connectivity index (χ2v) is 6.78. The van der Waals surface area contributed by atoms with Crippen LogP contribution < -0.4 is 14.2 Å². The van der Waals surface area contributed by atoms with Crippen LogP contribution in [-0.4, -0.2) is 19.0 Å². The Labute approximate surface area is 131 Å². The largest absolute Gasteiger partial charge is 0.496 e. The van der Waals surface area contributed by atoms with Crippen molar-refractivity contribution in [3.8, 4) is 17.2 Å². The first-order chi connectivity index (χ1) is 10.4. The van der Waals surface area contributed by atoms with E-state index in [2.05, 4.69) is 20.8 Å². The molecule has 0 aromatic heterocycles. The standard InChI is InChI=1S/C18H24O4/c1-11-6-5-7-18(2,3)16(11)17(19)12-8-14-15(22-10-21-14)9-13(12)20-4/h8-9,17,19H,5-7,10H2,1-4H3. The van der Waals surface area contributed by atoms with Crippen LogP contribution >= 0.6 is 0 Å². The zero-order valence-electron chi connectivity index (χ0n) is 13.7. The highest BCUT2D eigenvalue weighted by Gasteiger charge is 2.35. The van der Waals surface area contributed by atoms with Gasteiger partial charge in [0.2, 0.25) is 6.79 Å². The minimum absolute atomic E-state index is 0.0108. The van der Waals surface area contributed by atoms with E-state index in [1.165, 1.54) is 12.0 Å². The lowest BCUT2D eigenvalue weighted by molar-refractivity contribution is 0.166. The maximum Gasteiger partial charge on any atom is 0.231 e. The Hall–Kier alpha value is -1.68. The molecule has 2 aliphatic rings. The predicted octanol–water partition coefficient (Wildman–Crippen LogP) is 3.98. The van der Waals surface area contributed by atoms with E-state index in [4.69, 9.17) is 14.2 Å². The Morgan fingerprint density at radius 2 is 1.91 bits per heavy atom. The quantitative estimate of drug-likeness (QED) is 0.858. The van der Waals surface area contributed by atoms with Crippen molar-refractivity contribution in [2.24, 2.45) is 5.41 Å². The van der Waals surface area contributed by atoms with Gasteiger partial charge in [-0.05, 0) is 43.2 Å². The van der Waals surface area contributed by atoms with Crippen LogP contribution in [0.3, 0.4) is 0 Å². The van der Waals surface area contributed by atoms with Gasteiger partial charge in [0.1, 0.15) is 11.9 Å². The molecule has 1 aromatic carbocycles. The molecule has 1 heterocycles. The topological polar surface area (TPSA) is 47.9 Å². The molecular formula is C18H24O4. The fourth-order valence-corrected chi connectivity index (χ4v) is 3.73. The van der Waals surface area contributed by atoms with Gasteiger partial charge in [-0.15, -0.1) is 0 Å². The molecule has 3 rings (SSSR count). The SMILES string of the molecule is COc1cc2c(cc1C(O)C1=C(C)CCCC1(C)C)OCO2. The number of rotatable bonds is 3. The van der Waals surface area contributed by atoms with Gasteiger partial charge in [0.15, 0.2) is 11.5 Å². The summed E-state index contributed by atoms with van der Waals surface area (Å²) in [6.45, 7) is 6.74. The first-order valence-corrected chi connectivity index (χ1v) is 7.80. The molecule has 4 nitrogen and oxygen atoms in total. The Balaban J connectivity index is 2.07. The van der Waals surface area contributed by atoms with Gasteiger partial charge in [-0.1, -0.05) is 19.4 Å². The van der Waals surface area contributed by atoms with Gasteiger partial charge in [-0.3, -0.25) is 0 Å². The minimum atomic E-state index is -0.681. The number of benzene rings is 1. The molecule has 120 valence electrons. The smallest absolute Gasteiger partial charge is 0.231 e. The molecule has 1 N–H and O–H groups in total. The van der Waals surface area contributed by atoms with Crippen molar-refractivity contribution in [3.63, 3.8) is 0 Å². The summed E-state index contributed by atoms with van der Waals surface area (Å²) in [5.74, 6) is 1.97. The summed E-state index contributed by atoms with van der Waals surface area (Å²) in [6.07, 6.45) is 2.62. The number of hydrogen-bond acceptors (Lipinski definition) is 4. The number of aliphatic hydroxyl groups excluding tert-OH is 1. The van der Waals surface area contributed by atoms with Crippen molar-refractivity contribution >= 4 is 0 Å². The lowest BCUT2D eigenvalue weighted by atomic mass is 9.69. The number of aliphatic hydroxyl groups is 1. The van der Waals surface area contributed by atoms with Crippen molar-refractivity contribution < 1.29 is 19.3 Å². The van der Waals surface area contributed by atoms with Crippen molar-refractivity contribution in [1.82, 2.24) is 0 Å². The van der Waals surface area contributed by atoms with E-state index in [1.54, 1.807) is 13.2 Å². The number of ether oxygens (including phenoxy) is 3. The Morgan fingerprint density at radius 3 is 2.55 bits per heavy atom. The van der Waals surface area contributed by atoms with Crippen LogP contribution in [0.2, 0.25) is 0 Å². The van der Waals surface area contributed by atoms with Gasteiger partial charge < -0.3 is 19.3 Å². The molecule has 1 aliphatic carbocycles.